The highest BCUT2D eigenvalue weighted by molar-refractivity contribution is 7.98. The molecule has 2 aliphatic heterocycles. The summed E-state index contributed by atoms with van der Waals surface area (Å²) in [6.45, 7) is 12.5. The summed E-state index contributed by atoms with van der Waals surface area (Å²) < 4.78 is 33.9. The van der Waals surface area contributed by atoms with Crippen molar-refractivity contribution in [1.29, 1.82) is 0 Å². The van der Waals surface area contributed by atoms with Crippen LogP contribution in [0.15, 0.2) is 18.5 Å². The van der Waals surface area contributed by atoms with Crippen molar-refractivity contribution < 1.29 is 13.5 Å². The minimum Gasteiger partial charge on any atom is -0.370 e. The standard InChI is InChI=1S/C20H27F2N3OS2.2C2H6/c1-27-9-7-25-14-15(12-23-25)13-24-5-3-20(4-6-24)17-10-16(11-19(21)22)28-18(17)2-8-26-20;2*1-2/h10,12,14,19H,2-9,11,13H2,1H3;2*1-2H3. The van der Waals surface area contributed by atoms with Crippen LogP contribution in [0.4, 0.5) is 8.78 Å². The monoisotopic (exact) mass is 487 g/mol. The molecule has 0 bridgehead atoms. The van der Waals surface area contributed by atoms with Crippen LogP contribution in [0.25, 0.3) is 0 Å². The molecule has 1 fully saturated rings. The molecule has 32 heavy (non-hydrogen) atoms. The number of piperidine rings is 1. The van der Waals surface area contributed by atoms with E-state index in [1.54, 1.807) is 11.3 Å². The molecule has 2 aromatic rings. The Morgan fingerprint density at radius 1 is 1.22 bits per heavy atom. The topological polar surface area (TPSA) is 30.3 Å². The van der Waals surface area contributed by atoms with Gasteiger partial charge in [-0.3, -0.25) is 9.58 Å². The molecule has 2 aromatic heterocycles. The SMILES string of the molecule is CC.CC.CSCCn1cc(CN2CCC3(CC2)OCCc2sc(CC(F)F)cc23)cn1. The van der Waals surface area contributed by atoms with Gasteiger partial charge in [-0.05, 0) is 30.7 Å². The van der Waals surface area contributed by atoms with Crippen molar-refractivity contribution in [3.8, 4) is 0 Å². The van der Waals surface area contributed by atoms with Crippen molar-refractivity contribution in [2.75, 3.05) is 31.7 Å². The van der Waals surface area contributed by atoms with Gasteiger partial charge in [0, 0.05) is 66.3 Å². The molecular weight excluding hydrogens is 448 g/mol. The number of aryl methyl sites for hydroxylation is 1. The molecule has 0 N–H and O–H groups in total. The fourth-order valence-corrected chi connectivity index (χ4v) is 5.88. The Hall–Kier alpha value is -0.960. The Kier molecular flexibility index (Phi) is 11.7. The molecule has 2 aliphatic rings. The predicted molar refractivity (Wildman–Crippen MR) is 133 cm³/mol. The second-order valence-corrected chi connectivity index (χ2v) is 9.83. The number of ether oxygens (including phenoxy) is 1. The van der Waals surface area contributed by atoms with Gasteiger partial charge in [-0.1, -0.05) is 27.7 Å². The minimum absolute atomic E-state index is 0.138. The highest BCUT2D eigenvalue weighted by Crippen LogP contribution is 2.45. The molecule has 1 spiro atoms. The lowest BCUT2D eigenvalue weighted by Gasteiger charge is -2.44. The molecule has 0 atom stereocenters. The summed E-state index contributed by atoms with van der Waals surface area (Å²) in [7, 11) is 0. The van der Waals surface area contributed by atoms with Crippen LogP contribution in [0.1, 0.15) is 61.4 Å². The smallest absolute Gasteiger partial charge is 0.243 e. The number of alkyl halides is 2. The van der Waals surface area contributed by atoms with Crippen molar-refractivity contribution in [3.05, 3.63) is 39.3 Å². The first-order valence-electron chi connectivity index (χ1n) is 11.8. The zero-order valence-electron chi connectivity index (χ0n) is 20.2. The summed E-state index contributed by atoms with van der Waals surface area (Å²) in [5.74, 6) is 1.07. The molecule has 4 nitrogen and oxygen atoms in total. The quantitative estimate of drug-likeness (QED) is 0.463. The second kappa shape index (κ2) is 13.7. The fourth-order valence-electron chi connectivity index (χ4n) is 4.26. The average Bonchev–Trinajstić information content (AvgIpc) is 3.43. The lowest BCUT2D eigenvalue weighted by Crippen LogP contribution is -2.45. The number of likely N-dealkylation sites (tertiary alicyclic amines) is 1. The van der Waals surface area contributed by atoms with Gasteiger partial charge in [-0.15, -0.1) is 11.3 Å². The maximum Gasteiger partial charge on any atom is 0.243 e. The van der Waals surface area contributed by atoms with E-state index >= 15 is 0 Å². The van der Waals surface area contributed by atoms with E-state index in [1.807, 2.05) is 56.4 Å². The Balaban J connectivity index is 0.000000860. The van der Waals surface area contributed by atoms with Gasteiger partial charge in [0.15, 0.2) is 0 Å². The molecule has 0 amide bonds. The molecule has 8 heteroatoms. The van der Waals surface area contributed by atoms with Crippen LogP contribution < -0.4 is 0 Å². The van der Waals surface area contributed by atoms with Crippen LogP contribution in [0.3, 0.4) is 0 Å². The normalized spacial score (nSPS) is 17.4. The van der Waals surface area contributed by atoms with Gasteiger partial charge in [-0.25, -0.2) is 8.78 Å². The third-order valence-electron chi connectivity index (χ3n) is 5.70. The van der Waals surface area contributed by atoms with Crippen molar-refractivity contribution in [2.24, 2.45) is 0 Å². The largest absolute Gasteiger partial charge is 0.370 e. The molecule has 0 aliphatic carbocycles. The zero-order chi connectivity index (χ0) is 23.6. The van der Waals surface area contributed by atoms with Gasteiger partial charge < -0.3 is 4.74 Å². The molecular formula is C24H39F2N3OS2. The highest BCUT2D eigenvalue weighted by atomic mass is 32.2. The Morgan fingerprint density at radius 2 is 1.94 bits per heavy atom. The number of hydrogen-bond acceptors (Lipinski definition) is 5. The Bertz CT molecular complexity index is 786. The summed E-state index contributed by atoms with van der Waals surface area (Å²) >= 11 is 3.38. The van der Waals surface area contributed by atoms with Crippen LogP contribution in [-0.4, -0.2) is 52.8 Å². The Labute approximate surface area is 200 Å². The van der Waals surface area contributed by atoms with Crippen LogP contribution in [0.5, 0.6) is 0 Å². The molecule has 1 saturated heterocycles. The zero-order valence-corrected chi connectivity index (χ0v) is 21.8. The third-order valence-corrected chi connectivity index (χ3v) is 7.50. The molecule has 0 saturated carbocycles. The van der Waals surface area contributed by atoms with E-state index in [-0.39, 0.29) is 12.0 Å². The number of rotatable bonds is 7. The van der Waals surface area contributed by atoms with Gasteiger partial charge in [0.1, 0.15) is 0 Å². The molecule has 4 rings (SSSR count). The van der Waals surface area contributed by atoms with E-state index in [0.29, 0.717) is 6.61 Å². The first kappa shape index (κ1) is 27.3. The maximum absolute atomic E-state index is 12.8. The van der Waals surface area contributed by atoms with Crippen molar-refractivity contribution >= 4 is 23.1 Å². The summed E-state index contributed by atoms with van der Waals surface area (Å²) in [5, 5.41) is 4.45. The number of halogens is 2. The van der Waals surface area contributed by atoms with E-state index in [9.17, 15) is 8.78 Å². The van der Waals surface area contributed by atoms with E-state index in [2.05, 4.69) is 22.5 Å². The molecule has 182 valence electrons. The van der Waals surface area contributed by atoms with E-state index < -0.39 is 6.43 Å². The van der Waals surface area contributed by atoms with Crippen molar-refractivity contribution in [1.82, 2.24) is 14.7 Å². The van der Waals surface area contributed by atoms with E-state index in [0.717, 1.165) is 56.1 Å². The predicted octanol–water partition coefficient (Wildman–Crippen LogP) is 6.23. The van der Waals surface area contributed by atoms with Gasteiger partial charge in [0.2, 0.25) is 6.43 Å². The number of hydrogen-bond donors (Lipinski definition) is 0. The van der Waals surface area contributed by atoms with Crippen LogP contribution in [-0.2, 0) is 36.3 Å². The molecule has 0 radical (unpaired) electrons. The number of thiophene rings is 1. The summed E-state index contributed by atoms with van der Waals surface area (Å²) in [6, 6.07) is 2.00. The fraction of sp³-hybridized carbons (Fsp3) is 0.708. The average molecular weight is 488 g/mol. The summed E-state index contributed by atoms with van der Waals surface area (Å²) in [5.41, 5.74) is 2.16. The Morgan fingerprint density at radius 3 is 2.59 bits per heavy atom. The van der Waals surface area contributed by atoms with Crippen molar-refractivity contribution in [2.45, 2.75) is 78.5 Å². The van der Waals surface area contributed by atoms with Gasteiger partial charge in [0.25, 0.3) is 0 Å². The molecule has 0 aromatic carbocycles. The summed E-state index contributed by atoms with van der Waals surface area (Å²) in [4.78, 5) is 4.50. The van der Waals surface area contributed by atoms with Crippen LogP contribution in [0.2, 0.25) is 0 Å². The maximum atomic E-state index is 12.8. The van der Waals surface area contributed by atoms with Gasteiger partial charge in [0.05, 0.1) is 18.4 Å². The lowest BCUT2D eigenvalue weighted by molar-refractivity contribution is -0.0981. The van der Waals surface area contributed by atoms with Crippen LogP contribution >= 0.6 is 23.1 Å². The number of fused-ring (bicyclic) bond motifs is 2. The van der Waals surface area contributed by atoms with Gasteiger partial charge >= 0.3 is 0 Å². The van der Waals surface area contributed by atoms with E-state index in [1.165, 1.54) is 16.0 Å². The second-order valence-electron chi connectivity index (χ2n) is 7.62. The first-order chi connectivity index (χ1) is 15.6. The van der Waals surface area contributed by atoms with Crippen LogP contribution in [0, 0.1) is 0 Å². The number of aromatic nitrogens is 2. The van der Waals surface area contributed by atoms with E-state index in [4.69, 9.17) is 4.74 Å². The first-order valence-corrected chi connectivity index (χ1v) is 14.1. The molecule has 0 unspecified atom stereocenters. The van der Waals surface area contributed by atoms with Gasteiger partial charge in [-0.2, -0.15) is 16.9 Å². The van der Waals surface area contributed by atoms with Crippen molar-refractivity contribution in [3.63, 3.8) is 0 Å². The minimum atomic E-state index is -2.28. The third kappa shape index (κ3) is 7.02. The highest BCUT2D eigenvalue weighted by Gasteiger charge is 2.42. The summed E-state index contributed by atoms with van der Waals surface area (Å²) in [6.07, 6.45) is 6.49. The lowest BCUT2D eigenvalue weighted by atomic mass is 9.82. The number of thioether (sulfide) groups is 1. The number of nitrogens with zero attached hydrogens (tertiary/aromatic N) is 3. The molecule has 4 heterocycles.